The van der Waals surface area contributed by atoms with Crippen LogP contribution in [0.2, 0.25) is 0 Å². The van der Waals surface area contributed by atoms with Gasteiger partial charge in [0.15, 0.2) is 0 Å². The average molecular weight is 151 g/mol. The fourth-order valence-electron chi connectivity index (χ4n) is 0.788. The first-order valence-electron chi connectivity index (χ1n) is 3.46. The topological polar surface area (TPSA) is 62.2 Å². The van der Waals surface area contributed by atoms with Crippen LogP contribution in [0.3, 0.4) is 0 Å². The summed E-state index contributed by atoms with van der Waals surface area (Å²) in [6.07, 6.45) is 1.44. The van der Waals surface area contributed by atoms with Gasteiger partial charge < -0.3 is 5.73 Å². The van der Waals surface area contributed by atoms with Crippen LogP contribution in [0.15, 0.2) is 16.8 Å². The molecule has 2 N–H and O–H groups in total. The molecular formula is C8H13N3. The van der Waals surface area contributed by atoms with Gasteiger partial charge in [-0.15, -0.1) is 0 Å². The van der Waals surface area contributed by atoms with Gasteiger partial charge in [-0.05, 0) is 5.92 Å². The Morgan fingerprint density at radius 1 is 1.64 bits per heavy atom. The van der Waals surface area contributed by atoms with E-state index in [4.69, 9.17) is 11.0 Å². The Hall–Kier alpha value is -1.30. The highest BCUT2D eigenvalue weighted by atomic mass is 14.7. The van der Waals surface area contributed by atoms with Crippen LogP contribution in [-0.2, 0) is 0 Å². The minimum Gasteiger partial charge on any atom is -0.404 e. The van der Waals surface area contributed by atoms with E-state index in [9.17, 15) is 0 Å². The maximum absolute atomic E-state index is 8.60. The molecule has 0 spiro atoms. The Labute approximate surface area is 67.2 Å². The summed E-state index contributed by atoms with van der Waals surface area (Å²) in [6.45, 7) is 3.95. The molecular weight excluding hydrogens is 138 g/mol. The predicted molar refractivity (Wildman–Crippen MR) is 46.1 cm³/mol. The van der Waals surface area contributed by atoms with Gasteiger partial charge in [-0.3, -0.25) is 4.99 Å². The zero-order chi connectivity index (χ0) is 8.85. The van der Waals surface area contributed by atoms with Gasteiger partial charge in [-0.1, -0.05) is 13.8 Å². The Bertz CT molecular complexity index is 218. The first kappa shape index (κ1) is 9.70. The van der Waals surface area contributed by atoms with Crippen LogP contribution >= 0.6 is 0 Å². The highest BCUT2D eigenvalue weighted by Gasteiger charge is 2.08. The average Bonchev–Trinajstić information content (AvgIpc) is 1.99. The van der Waals surface area contributed by atoms with Gasteiger partial charge in [0.1, 0.15) is 11.8 Å². The van der Waals surface area contributed by atoms with Gasteiger partial charge in [-0.25, -0.2) is 0 Å². The van der Waals surface area contributed by atoms with Crippen molar-refractivity contribution in [1.29, 1.82) is 5.26 Å². The molecule has 0 heterocycles. The Morgan fingerprint density at radius 3 is 2.27 bits per heavy atom. The highest BCUT2D eigenvalue weighted by Crippen LogP contribution is 2.09. The molecule has 0 atom stereocenters. The number of rotatable bonds is 2. The second kappa shape index (κ2) is 4.51. The molecule has 0 bridgehead atoms. The predicted octanol–water partition coefficient (Wildman–Crippen LogP) is 1.08. The molecule has 0 aliphatic carbocycles. The largest absolute Gasteiger partial charge is 0.404 e. The van der Waals surface area contributed by atoms with E-state index in [0.29, 0.717) is 5.71 Å². The van der Waals surface area contributed by atoms with Crippen molar-refractivity contribution in [3.63, 3.8) is 0 Å². The first-order valence-corrected chi connectivity index (χ1v) is 3.46. The van der Waals surface area contributed by atoms with Gasteiger partial charge in [0.2, 0.25) is 0 Å². The molecule has 3 heteroatoms. The molecule has 0 radical (unpaired) electrons. The normalized spacial score (nSPS) is 13.4. The monoisotopic (exact) mass is 151 g/mol. The fraction of sp³-hybridized carbons (Fsp3) is 0.500. The van der Waals surface area contributed by atoms with Crippen molar-refractivity contribution in [2.45, 2.75) is 13.8 Å². The van der Waals surface area contributed by atoms with E-state index in [1.54, 1.807) is 7.05 Å². The smallest absolute Gasteiger partial charge is 0.139 e. The van der Waals surface area contributed by atoms with Crippen LogP contribution < -0.4 is 5.73 Å². The van der Waals surface area contributed by atoms with Crippen LogP contribution in [-0.4, -0.2) is 12.8 Å². The number of nitrogens with zero attached hydrogens (tertiary/aromatic N) is 2. The van der Waals surface area contributed by atoms with E-state index in [1.807, 2.05) is 19.9 Å². The summed E-state index contributed by atoms with van der Waals surface area (Å²) in [4.78, 5) is 3.81. The molecule has 0 unspecified atom stereocenters. The first-order chi connectivity index (χ1) is 5.17. The molecule has 3 nitrogen and oxygen atoms in total. The molecule has 0 aliphatic heterocycles. The quantitative estimate of drug-likeness (QED) is 0.600. The molecule has 0 saturated carbocycles. The summed E-state index contributed by atoms with van der Waals surface area (Å²) < 4.78 is 0. The maximum Gasteiger partial charge on any atom is 0.139 e. The second-order valence-corrected chi connectivity index (χ2v) is 2.46. The molecule has 0 amide bonds. The fourth-order valence-corrected chi connectivity index (χ4v) is 0.788. The summed E-state index contributed by atoms with van der Waals surface area (Å²) in [6, 6.07) is 1.99. The van der Waals surface area contributed by atoms with Crippen LogP contribution in [0.5, 0.6) is 0 Å². The van der Waals surface area contributed by atoms with E-state index in [1.165, 1.54) is 6.20 Å². The Kier molecular flexibility index (Phi) is 3.97. The minimum absolute atomic E-state index is 0.248. The second-order valence-electron chi connectivity index (χ2n) is 2.46. The van der Waals surface area contributed by atoms with E-state index >= 15 is 0 Å². The molecule has 0 rings (SSSR count). The molecule has 0 saturated heterocycles. The number of nitrogens with two attached hydrogens (primary N) is 1. The minimum atomic E-state index is 0.248. The van der Waals surface area contributed by atoms with Gasteiger partial charge in [-0.2, -0.15) is 5.26 Å². The highest BCUT2D eigenvalue weighted by molar-refractivity contribution is 6.11. The number of allylic oxidation sites excluding steroid dienone is 1. The standard InChI is InChI=1S/C8H13N3/c1-6(2)7(4-9)8(5-10)11-3/h4,6H,9H2,1-3H3/b7-4-,11-8?. The van der Waals surface area contributed by atoms with Crippen LogP contribution in [0, 0.1) is 17.2 Å². The lowest BCUT2D eigenvalue weighted by Crippen LogP contribution is -2.08. The Morgan fingerprint density at radius 2 is 2.18 bits per heavy atom. The van der Waals surface area contributed by atoms with E-state index in [-0.39, 0.29) is 5.92 Å². The van der Waals surface area contributed by atoms with Gasteiger partial charge in [0.25, 0.3) is 0 Å². The zero-order valence-corrected chi connectivity index (χ0v) is 7.13. The molecule has 0 fully saturated rings. The Balaban J connectivity index is 4.69. The lowest BCUT2D eigenvalue weighted by Gasteiger charge is -2.06. The van der Waals surface area contributed by atoms with Crippen molar-refractivity contribution < 1.29 is 0 Å². The van der Waals surface area contributed by atoms with Crippen molar-refractivity contribution in [3.05, 3.63) is 11.8 Å². The lowest BCUT2D eigenvalue weighted by atomic mass is 10.0. The summed E-state index contributed by atoms with van der Waals surface area (Å²) in [5.41, 5.74) is 6.55. The third kappa shape index (κ3) is 2.42. The number of nitriles is 1. The number of aliphatic imine (C=N–C) groups is 1. The molecule has 60 valence electrons. The van der Waals surface area contributed by atoms with Crippen LogP contribution in [0.1, 0.15) is 13.8 Å². The third-order valence-corrected chi connectivity index (χ3v) is 1.40. The number of hydrogen-bond acceptors (Lipinski definition) is 3. The summed E-state index contributed by atoms with van der Waals surface area (Å²) >= 11 is 0. The van der Waals surface area contributed by atoms with E-state index < -0.39 is 0 Å². The summed E-state index contributed by atoms with van der Waals surface area (Å²) in [5, 5.41) is 8.60. The van der Waals surface area contributed by atoms with Crippen LogP contribution in [0.25, 0.3) is 0 Å². The van der Waals surface area contributed by atoms with E-state index in [2.05, 4.69) is 4.99 Å². The zero-order valence-electron chi connectivity index (χ0n) is 7.13. The van der Waals surface area contributed by atoms with Crippen molar-refractivity contribution in [2.24, 2.45) is 16.6 Å². The molecule has 0 aromatic rings. The van der Waals surface area contributed by atoms with Crippen molar-refractivity contribution in [1.82, 2.24) is 0 Å². The maximum atomic E-state index is 8.60. The summed E-state index contributed by atoms with van der Waals surface area (Å²) in [7, 11) is 1.59. The van der Waals surface area contributed by atoms with Crippen molar-refractivity contribution in [3.8, 4) is 6.07 Å². The van der Waals surface area contributed by atoms with Crippen molar-refractivity contribution in [2.75, 3.05) is 7.05 Å². The van der Waals surface area contributed by atoms with Crippen molar-refractivity contribution >= 4 is 5.71 Å². The third-order valence-electron chi connectivity index (χ3n) is 1.40. The van der Waals surface area contributed by atoms with Crippen LogP contribution in [0.4, 0.5) is 0 Å². The van der Waals surface area contributed by atoms with Gasteiger partial charge in [0, 0.05) is 18.8 Å². The SMILES string of the molecule is CN=C(C#N)/C(=C\N)C(C)C. The number of hydrogen-bond donors (Lipinski definition) is 1. The lowest BCUT2D eigenvalue weighted by molar-refractivity contribution is 0.800. The van der Waals surface area contributed by atoms with E-state index in [0.717, 1.165) is 5.57 Å². The van der Waals surface area contributed by atoms with Gasteiger partial charge >= 0.3 is 0 Å². The molecule has 0 aromatic heterocycles. The molecule has 11 heavy (non-hydrogen) atoms. The molecule has 0 aliphatic rings. The van der Waals surface area contributed by atoms with Gasteiger partial charge in [0.05, 0.1) is 0 Å². The molecule has 0 aromatic carbocycles. The summed E-state index contributed by atoms with van der Waals surface area (Å²) in [5.74, 6) is 0.248.